The largest absolute Gasteiger partial charge is 0.493 e. The highest BCUT2D eigenvalue weighted by molar-refractivity contribution is 14.0. The van der Waals surface area contributed by atoms with Crippen molar-refractivity contribution in [1.29, 1.82) is 0 Å². The number of ether oxygens (including phenoxy) is 3. The number of benzene rings is 1. The second-order valence-electron chi connectivity index (χ2n) is 8.49. The maximum Gasteiger partial charge on any atom is 0.193 e. The SMILES string of the molecule is CN=C(NC1C2CCOC2C12CCC2)N(C)Cc1cc(OC)c(OC)cc1C.I. The van der Waals surface area contributed by atoms with Crippen LogP contribution in [0, 0.1) is 18.3 Å². The molecule has 162 valence electrons. The summed E-state index contributed by atoms with van der Waals surface area (Å²) in [6, 6.07) is 4.59. The van der Waals surface area contributed by atoms with E-state index in [9.17, 15) is 0 Å². The number of hydrogen-bond acceptors (Lipinski definition) is 4. The standard InChI is InChI=1S/C22H33N3O3.HI/c1-14-11-17(26-4)18(27-5)12-15(14)13-25(3)21(23-2)24-19-16-7-10-28-20(16)22(19)8-6-9-22;/h11-12,16,19-20H,6-10,13H2,1-5H3,(H,23,24);1H. The Bertz CT molecular complexity index is 766. The molecule has 2 saturated carbocycles. The first kappa shape index (κ1) is 22.5. The molecule has 0 aromatic heterocycles. The van der Waals surface area contributed by atoms with Crippen LogP contribution in [0.2, 0.25) is 0 Å². The van der Waals surface area contributed by atoms with Gasteiger partial charge in [0.05, 0.1) is 20.3 Å². The minimum Gasteiger partial charge on any atom is -0.493 e. The molecule has 0 amide bonds. The molecule has 2 aliphatic carbocycles. The highest BCUT2D eigenvalue weighted by Gasteiger charge is 2.66. The molecule has 3 unspecified atom stereocenters. The summed E-state index contributed by atoms with van der Waals surface area (Å²) in [6.07, 6.45) is 5.52. The Hall–Kier alpha value is -1.22. The number of aryl methyl sites for hydroxylation is 1. The van der Waals surface area contributed by atoms with Crippen LogP contribution in [0.5, 0.6) is 11.5 Å². The Kier molecular flexibility index (Phi) is 6.88. The number of rotatable bonds is 5. The van der Waals surface area contributed by atoms with Gasteiger partial charge in [-0.2, -0.15) is 0 Å². The van der Waals surface area contributed by atoms with Crippen molar-refractivity contribution >= 4 is 29.9 Å². The lowest BCUT2D eigenvalue weighted by molar-refractivity contribution is -0.171. The second-order valence-corrected chi connectivity index (χ2v) is 8.49. The number of fused-ring (bicyclic) bond motifs is 2. The quantitative estimate of drug-likeness (QED) is 0.369. The van der Waals surface area contributed by atoms with Crippen molar-refractivity contribution in [2.45, 2.75) is 51.3 Å². The zero-order valence-electron chi connectivity index (χ0n) is 18.2. The van der Waals surface area contributed by atoms with Crippen molar-refractivity contribution in [3.63, 3.8) is 0 Å². The van der Waals surface area contributed by atoms with Gasteiger partial charge in [-0.3, -0.25) is 4.99 Å². The van der Waals surface area contributed by atoms with E-state index in [1.165, 1.54) is 36.8 Å². The fourth-order valence-corrected chi connectivity index (χ4v) is 5.46. The first-order valence-corrected chi connectivity index (χ1v) is 10.3. The fraction of sp³-hybridized carbons (Fsp3) is 0.682. The number of nitrogens with one attached hydrogen (secondary N) is 1. The zero-order chi connectivity index (χ0) is 19.9. The summed E-state index contributed by atoms with van der Waals surface area (Å²) in [5.74, 6) is 3.12. The highest BCUT2D eigenvalue weighted by atomic mass is 127. The van der Waals surface area contributed by atoms with Gasteiger partial charge in [0.25, 0.3) is 0 Å². The summed E-state index contributed by atoms with van der Waals surface area (Å²) >= 11 is 0. The number of aliphatic imine (C=N–C) groups is 1. The molecule has 1 N–H and O–H groups in total. The van der Waals surface area contributed by atoms with Gasteiger partial charge in [0.15, 0.2) is 17.5 Å². The third kappa shape index (κ3) is 3.69. The van der Waals surface area contributed by atoms with E-state index in [2.05, 4.69) is 35.2 Å². The molecule has 1 saturated heterocycles. The van der Waals surface area contributed by atoms with E-state index in [0.717, 1.165) is 30.6 Å². The van der Waals surface area contributed by atoms with E-state index in [4.69, 9.17) is 14.2 Å². The molecule has 29 heavy (non-hydrogen) atoms. The predicted molar refractivity (Wildman–Crippen MR) is 126 cm³/mol. The number of halogens is 1. The molecule has 0 radical (unpaired) electrons. The normalized spacial score (nSPS) is 26.7. The summed E-state index contributed by atoms with van der Waals surface area (Å²) in [5.41, 5.74) is 2.73. The Morgan fingerprint density at radius 3 is 2.55 bits per heavy atom. The van der Waals surface area contributed by atoms with Gasteiger partial charge in [-0.15, -0.1) is 24.0 Å². The molecule has 0 bridgehead atoms. The summed E-state index contributed by atoms with van der Waals surface area (Å²) in [4.78, 5) is 6.78. The molecule has 1 aliphatic heterocycles. The van der Waals surface area contributed by atoms with Crippen molar-refractivity contribution in [2.24, 2.45) is 16.3 Å². The molecule has 1 aromatic rings. The van der Waals surface area contributed by atoms with Crippen molar-refractivity contribution in [2.75, 3.05) is 34.9 Å². The van der Waals surface area contributed by atoms with E-state index in [1.54, 1.807) is 14.2 Å². The minimum atomic E-state index is 0. The van der Waals surface area contributed by atoms with Gasteiger partial charge >= 0.3 is 0 Å². The first-order valence-electron chi connectivity index (χ1n) is 10.3. The van der Waals surface area contributed by atoms with E-state index < -0.39 is 0 Å². The lowest BCUT2D eigenvalue weighted by Gasteiger charge is -2.63. The van der Waals surface area contributed by atoms with Crippen LogP contribution >= 0.6 is 24.0 Å². The average molecular weight is 515 g/mol. The van der Waals surface area contributed by atoms with E-state index in [-0.39, 0.29) is 24.0 Å². The van der Waals surface area contributed by atoms with Gasteiger partial charge in [-0.25, -0.2) is 0 Å². The monoisotopic (exact) mass is 515 g/mol. The Morgan fingerprint density at radius 1 is 1.28 bits per heavy atom. The molecule has 6 nitrogen and oxygen atoms in total. The molecular formula is C22H34IN3O3. The molecule has 3 aliphatic rings. The smallest absolute Gasteiger partial charge is 0.193 e. The molecule has 1 heterocycles. The third-order valence-electron chi connectivity index (χ3n) is 7.14. The average Bonchev–Trinajstić information content (AvgIpc) is 3.07. The summed E-state index contributed by atoms with van der Waals surface area (Å²) in [6.45, 7) is 3.78. The lowest BCUT2D eigenvalue weighted by Crippen LogP contribution is -2.72. The van der Waals surface area contributed by atoms with Gasteiger partial charge in [-0.1, -0.05) is 6.42 Å². The van der Waals surface area contributed by atoms with Crippen molar-refractivity contribution in [3.05, 3.63) is 23.3 Å². The topological polar surface area (TPSA) is 55.3 Å². The van der Waals surface area contributed by atoms with Gasteiger partial charge in [0, 0.05) is 44.6 Å². The van der Waals surface area contributed by atoms with Crippen LogP contribution in [0.4, 0.5) is 0 Å². The fourth-order valence-electron chi connectivity index (χ4n) is 5.46. The minimum absolute atomic E-state index is 0. The number of nitrogens with zero attached hydrogens (tertiary/aromatic N) is 2. The van der Waals surface area contributed by atoms with E-state index in [0.29, 0.717) is 23.5 Å². The van der Waals surface area contributed by atoms with Gasteiger partial charge in [0.2, 0.25) is 0 Å². The summed E-state index contributed by atoms with van der Waals surface area (Å²) in [5, 5.41) is 3.80. The Morgan fingerprint density at radius 2 is 1.97 bits per heavy atom. The second kappa shape index (κ2) is 8.88. The van der Waals surface area contributed by atoms with E-state index >= 15 is 0 Å². The molecular weight excluding hydrogens is 481 g/mol. The zero-order valence-corrected chi connectivity index (χ0v) is 20.5. The molecule has 7 heteroatoms. The maximum absolute atomic E-state index is 6.06. The Balaban J connectivity index is 0.00000240. The number of guanidine groups is 1. The van der Waals surface area contributed by atoms with Crippen molar-refractivity contribution in [1.82, 2.24) is 10.2 Å². The van der Waals surface area contributed by atoms with Gasteiger partial charge in [0.1, 0.15) is 0 Å². The van der Waals surface area contributed by atoms with Crippen molar-refractivity contribution in [3.8, 4) is 11.5 Å². The molecule has 3 fully saturated rings. The highest BCUT2D eigenvalue weighted by Crippen LogP contribution is 2.62. The van der Waals surface area contributed by atoms with Crippen LogP contribution in [0.3, 0.4) is 0 Å². The molecule has 3 atom stereocenters. The third-order valence-corrected chi connectivity index (χ3v) is 7.14. The lowest BCUT2D eigenvalue weighted by atomic mass is 9.46. The summed E-state index contributed by atoms with van der Waals surface area (Å²) < 4.78 is 17.0. The molecule has 4 rings (SSSR count). The van der Waals surface area contributed by atoms with Crippen LogP contribution in [-0.4, -0.2) is 57.9 Å². The van der Waals surface area contributed by atoms with Crippen LogP contribution in [0.1, 0.15) is 36.8 Å². The van der Waals surface area contributed by atoms with Crippen LogP contribution < -0.4 is 14.8 Å². The van der Waals surface area contributed by atoms with Gasteiger partial charge in [-0.05, 0) is 49.4 Å². The maximum atomic E-state index is 6.06. The molecule has 1 spiro atoms. The predicted octanol–water partition coefficient (Wildman–Crippen LogP) is 3.60. The van der Waals surface area contributed by atoms with Crippen LogP contribution in [0.15, 0.2) is 17.1 Å². The van der Waals surface area contributed by atoms with Crippen LogP contribution in [0.25, 0.3) is 0 Å². The number of methoxy groups -OCH3 is 2. The van der Waals surface area contributed by atoms with Gasteiger partial charge < -0.3 is 24.4 Å². The summed E-state index contributed by atoms with van der Waals surface area (Å²) in [7, 11) is 7.31. The number of hydrogen-bond donors (Lipinski definition) is 1. The van der Waals surface area contributed by atoms with Crippen LogP contribution in [-0.2, 0) is 11.3 Å². The molecule has 1 aromatic carbocycles. The van der Waals surface area contributed by atoms with E-state index in [1.807, 2.05) is 13.1 Å². The van der Waals surface area contributed by atoms with Crippen molar-refractivity contribution < 1.29 is 14.2 Å². The Labute approximate surface area is 191 Å². The first-order chi connectivity index (χ1) is 13.5.